The van der Waals surface area contributed by atoms with E-state index in [0.29, 0.717) is 0 Å². The van der Waals surface area contributed by atoms with Gasteiger partial charge in [-0.1, -0.05) is 6.92 Å². The molecule has 3 heterocycles. The van der Waals surface area contributed by atoms with E-state index in [9.17, 15) is 0 Å². The fourth-order valence-corrected chi connectivity index (χ4v) is 2.94. The van der Waals surface area contributed by atoms with Crippen molar-refractivity contribution in [1.29, 1.82) is 0 Å². The number of nitrogens with zero attached hydrogens (tertiary/aromatic N) is 5. The van der Waals surface area contributed by atoms with E-state index in [1.54, 1.807) is 11.3 Å². The van der Waals surface area contributed by atoms with E-state index < -0.39 is 0 Å². The zero-order valence-corrected chi connectivity index (χ0v) is 13.8. The van der Waals surface area contributed by atoms with Crippen LogP contribution in [0.5, 0.6) is 0 Å². The fraction of sp³-hybridized carbons (Fsp3) is 0.533. The fourth-order valence-electron chi connectivity index (χ4n) is 2.39. The van der Waals surface area contributed by atoms with Crippen LogP contribution in [0.25, 0.3) is 0 Å². The molecule has 6 nitrogen and oxygen atoms in total. The minimum Gasteiger partial charge on any atom is -0.378 e. The number of ether oxygens (including phenoxy) is 1. The van der Waals surface area contributed by atoms with E-state index >= 15 is 0 Å². The summed E-state index contributed by atoms with van der Waals surface area (Å²) in [6.07, 6.45) is 0.900. The molecule has 0 unspecified atom stereocenters. The van der Waals surface area contributed by atoms with E-state index in [-0.39, 0.29) is 0 Å². The maximum absolute atomic E-state index is 5.41. The van der Waals surface area contributed by atoms with Crippen LogP contribution in [0.1, 0.15) is 18.3 Å². The van der Waals surface area contributed by atoms with Gasteiger partial charge in [0.25, 0.3) is 0 Å². The van der Waals surface area contributed by atoms with Crippen LogP contribution in [0, 0.1) is 0 Å². The summed E-state index contributed by atoms with van der Waals surface area (Å²) in [6.45, 7) is 6.06. The van der Waals surface area contributed by atoms with E-state index in [0.717, 1.165) is 62.4 Å². The molecule has 1 saturated heterocycles. The van der Waals surface area contributed by atoms with Crippen LogP contribution in [0.3, 0.4) is 0 Å². The Morgan fingerprint density at radius 1 is 1.27 bits per heavy atom. The van der Waals surface area contributed by atoms with Gasteiger partial charge in [0.15, 0.2) is 0 Å². The van der Waals surface area contributed by atoms with Gasteiger partial charge in [-0.3, -0.25) is 0 Å². The summed E-state index contributed by atoms with van der Waals surface area (Å²) >= 11 is 1.62. The molecule has 0 amide bonds. The summed E-state index contributed by atoms with van der Waals surface area (Å²) in [4.78, 5) is 18.1. The third kappa shape index (κ3) is 3.53. The predicted octanol–water partition coefficient (Wildman–Crippen LogP) is 1.97. The van der Waals surface area contributed by atoms with Gasteiger partial charge in [0.05, 0.1) is 31.0 Å². The van der Waals surface area contributed by atoms with Crippen molar-refractivity contribution in [3.05, 3.63) is 28.3 Å². The molecule has 0 radical (unpaired) electrons. The summed E-state index contributed by atoms with van der Waals surface area (Å²) in [5, 5.41) is 2.07. The number of aromatic nitrogens is 3. The maximum Gasteiger partial charge on any atom is 0.227 e. The molecule has 7 heteroatoms. The Morgan fingerprint density at radius 2 is 2.09 bits per heavy atom. The van der Waals surface area contributed by atoms with Crippen molar-refractivity contribution in [2.75, 3.05) is 43.2 Å². The molecule has 0 atom stereocenters. The highest BCUT2D eigenvalue weighted by atomic mass is 32.1. The van der Waals surface area contributed by atoms with Gasteiger partial charge in [-0.05, 0) is 6.42 Å². The van der Waals surface area contributed by atoms with Crippen LogP contribution in [-0.2, 0) is 17.7 Å². The Labute approximate surface area is 134 Å². The first kappa shape index (κ1) is 15.2. The molecule has 1 fully saturated rings. The van der Waals surface area contributed by atoms with E-state index in [2.05, 4.69) is 38.1 Å². The number of hydrogen-bond acceptors (Lipinski definition) is 7. The first-order chi connectivity index (χ1) is 10.8. The molecule has 2 aromatic rings. The van der Waals surface area contributed by atoms with Crippen molar-refractivity contribution in [3.63, 3.8) is 0 Å². The van der Waals surface area contributed by atoms with Gasteiger partial charge in [-0.2, -0.15) is 4.98 Å². The first-order valence-electron chi connectivity index (χ1n) is 7.55. The largest absolute Gasteiger partial charge is 0.378 e. The quantitative estimate of drug-likeness (QED) is 0.840. The van der Waals surface area contributed by atoms with Crippen molar-refractivity contribution in [2.45, 2.75) is 19.9 Å². The Hall–Kier alpha value is -1.73. The van der Waals surface area contributed by atoms with Crippen LogP contribution in [0.4, 0.5) is 11.8 Å². The van der Waals surface area contributed by atoms with Gasteiger partial charge in [0.2, 0.25) is 5.95 Å². The molecular formula is C15H21N5OS. The highest BCUT2D eigenvalue weighted by Gasteiger charge is 2.16. The zero-order valence-electron chi connectivity index (χ0n) is 13.0. The number of hydrogen-bond donors (Lipinski definition) is 0. The first-order valence-corrected chi connectivity index (χ1v) is 8.49. The number of thiazole rings is 1. The molecule has 0 aromatic carbocycles. The summed E-state index contributed by atoms with van der Waals surface area (Å²) in [5.74, 6) is 1.75. The van der Waals surface area contributed by atoms with Crippen LogP contribution in [0.15, 0.2) is 17.0 Å². The summed E-state index contributed by atoms with van der Waals surface area (Å²) in [5.41, 5.74) is 3.99. The molecular weight excluding hydrogens is 298 g/mol. The highest BCUT2D eigenvalue weighted by Crippen LogP contribution is 2.19. The molecule has 0 N–H and O–H groups in total. The molecule has 0 saturated carbocycles. The highest BCUT2D eigenvalue weighted by molar-refractivity contribution is 7.07. The SMILES string of the molecule is CCc1cc(N(C)Cc2cscn2)nc(N2CCOCC2)n1. The van der Waals surface area contributed by atoms with Crippen molar-refractivity contribution in [3.8, 4) is 0 Å². The van der Waals surface area contributed by atoms with Gasteiger partial charge >= 0.3 is 0 Å². The molecule has 3 rings (SSSR count). The second-order valence-electron chi connectivity index (χ2n) is 5.31. The smallest absolute Gasteiger partial charge is 0.227 e. The Morgan fingerprint density at radius 3 is 2.77 bits per heavy atom. The number of aryl methyl sites for hydroxylation is 1. The van der Waals surface area contributed by atoms with E-state index in [4.69, 9.17) is 9.72 Å². The van der Waals surface area contributed by atoms with Gasteiger partial charge in [-0.15, -0.1) is 11.3 Å². The van der Waals surface area contributed by atoms with Crippen LogP contribution < -0.4 is 9.80 Å². The lowest BCUT2D eigenvalue weighted by Crippen LogP contribution is -2.37. The molecule has 1 aliphatic heterocycles. The Balaban J connectivity index is 1.83. The second-order valence-corrected chi connectivity index (χ2v) is 6.02. The molecule has 1 aliphatic rings. The van der Waals surface area contributed by atoms with E-state index in [1.807, 2.05) is 12.6 Å². The van der Waals surface area contributed by atoms with Crippen molar-refractivity contribution < 1.29 is 4.74 Å². The minimum atomic E-state index is 0.740. The van der Waals surface area contributed by atoms with E-state index in [1.165, 1.54) is 0 Å². The lowest BCUT2D eigenvalue weighted by molar-refractivity contribution is 0.122. The number of morpholine rings is 1. The predicted molar refractivity (Wildman–Crippen MR) is 88.7 cm³/mol. The molecule has 22 heavy (non-hydrogen) atoms. The standard InChI is InChI=1S/C15H21N5OS/c1-3-12-8-14(19(2)9-13-10-22-11-16-13)18-15(17-12)20-4-6-21-7-5-20/h8,10-11H,3-7,9H2,1-2H3. The Bertz CT molecular complexity index is 598. The number of rotatable bonds is 5. The zero-order chi connectivity index (χ0) is 15.4. The lowest BCUT2D eigenvalue weighted by Gasteiger charge is -2.28. The molecule has 0 spiro atoms. The third-order valence-corrected chi connectivity index (χ3v) is 4.32. The monoisotopic (exact) mass is 319 g/mol. The molecule has 118 valence electrons. The van der Waals surface area contributed by atoms with Crippen LogP contribution in [-0.4, -0.2) is 48.3 Å². The summed E-state index contributed by atoms with van der Waals surface area (Å²) in [7, 11) is 2.05. The van der Waals surface area contributed by atoms with Gasteiger partial charge < -0.3 is 14.5 Å². The Kier molecular flexibility index (Phi) is 4.84. The van der Waals surface area contributed by atoms with Crippen molar-refractivity contribution in [1.82, 2.24) is 15.0 Å². The van der Waals surface area contributed by atoms with Crippen molar-refractivity contribution in [2.24, 2.45) is 0 Å². The third-order valence-electron chi connectivity index (χ3n) is 3.68. The topological polar surface area (TPSA) is 54.4 Å². The second kappa shape index (κ2) is 7.02. The minimum absolute atomic E-state index is 0.740. The number of anilines is 2. The summed E-state index contributed by atoms with van der Waals surface area (Å²) in [6, 6.07) is 2.07. The van der Waals surface area contributed by atoms with Crippen LogP contribution in [0.2, 0.25) is 0 Å². The van der Waals surface area contributed by atoms with Gasteiger partial charge in [0, 0.05) is 37.3 Å². The molecule has 0 aliphatic carbocycles. The maximum atomic E-state index is 5.41. The average molecular weight is 319 g/mol. The van der Waals surface area contributed by atoms with Gasteiger partial charge in [0.1, 0.15) is 5.82 Å². The normalized spacial score (nSPS) is 15.1. The summed E-state index contributed by atoms with van der Waals surface area (Å²) < 4.78 is 5.41. The van der Waals surface area contributed by atoms with Crippen LogP contribution >= 0.6 is 11.3 Å². The van der Waals surface area contributed by atoms with Gasteiger partial charge in [-0.25, -0.2) is 9.97 Å². The van der Waals surface area contributed by atoms with Crippen molar-refractivity contribution >= 4 is 23.1 Å². The lowest BCUT2D eigenvalue weighted by atomic mass is 10.3. The average Bonchev–Trinajstić information content (AvgIpc) is 3.08. The molecule has 0 bridgehead atoms. The molecule has 2 aromatic heterocycles.